The molecule has 0 saturated heterocycles. The Morgan fingerprint density at radius 1 is 1.43 bits per heavy atom. The lowest BCUT2D eigenvalue weighted by Gasteiger charge is -2.00. The molecule has 0 fully saturated rings. The molecule has 72 valence electrons. The number of hydrogen-bond donors (Lipinski definition) is 0. The van der Waals surface area contributed by atoms with Crippen molar-refractivity contribution >= 4 is 34.1 Å². The normalized spacial score (nSPS) is 10.5. The van der Waals surface area contributed by atoms with Crippen LogP contribution in [-0.2, 0) is 0 Å². The van der Waals surface area contributed by atoms with Crippen LogP contribution in [0.5, 0.6) is 0 Å². The third-order valence-electron chi connectivity index (χ3n) is 1.84. The van der Waals surface area contributed by atoms with E-state index in [-0.39, 0.29) is 5.82 Å². The second kappa shape index (κ2) is 3.90. The Labute approximate surface area is 98.5 Å². The van der Waals surface area contributed by atoms with Gasteiger partial charge in [-0.1, -0.05) is 6.07 Å². The minimum atomic E-state index is -0.254. The van der Waals surface area contributed by atoms with E-state index >= 15 is 0 Å². The minimum Gasteiger partial charge on any atom is -0.209 e. The molecular formula is C9H6FIN2S. The average Bonchev–Trinajstić information content (AvgIpc) is 2.56. The van der Waals surface area contributed by atoms with Crippen molar-refractivity contribution in [1.29, 1.82) is 0 Å². The number of aryl methyl sites for hydroxylation is 1. The molecule has 0 atom stereocenters. The second-order valence-electron chi connectivity index (χ2n) is 2.83. The number of halogens is 2. The third-order valence-corrected chi connectivity index (χ3v) is 3.18. The minimum absolute atomic E-state index is 0.254. The van der Waals surface area contributed by atoms with Crippen LogP contribution in [0.25, 0.3) is 11.4 Å². The molecule has 1 aromatic heterocycles. The molecule has 14 heavy (non-hydrogen) atoms. The summed E-state index contributed by atoms with van der Waals surface area (Å²) in [4.78, 5) is 4.21. The summed E-state index contributed by atoms with van der Waals surface area (Å²) >= 11 is 3.42. The number of nitrogens with zero attached hydrogens (tertiary/aromatic N) is 2. The van der Waals surface area contributed by atoms with Crippen molar-refractivity contribution in [2.75, 3.05) is 0 Å². The number of rotatable bonds is 1. The van der Waals surface area contributed by atoms with Crippen LogP contribution in [-0.4, -0.2) is 9.36 Å². The number of benzene rings is 1. The van der Waals surface area contributed by atoms with Crippen molar-refractivity contribution in [3.8, 4) is 11.4 Å². The maximum absolute atomic E-state index is 13.0. The van der Waals surface area contributed by atoms with Crippen molar-refractivity contribution in [3.05, 3.63) is 32.6 Å². The molecule has 0 saturated carbocycles. The number of aromatic nitrogens is 2. The zero-order valence-corrected chi connectivity index (χ0v) is 10.3. The van der Waals surface area contributed by atoms with E-state index in [1.54, 1.807) is 6.07 Å². The highest BCUT2D eigenvalue weighted by Gasteiger charge is 2.08. The molecule has 1 aromatic carbocycles. The van der Waals surface area contributed by atoms with Gasteiger partial charge in [0.2, 0.25) is 0 Å². The fourth-order valence-corrected chi connectivity index (χ4v) is 2.10. The molecular weight excluding hydrogens is 314 g/mol. The first-order valence-corrected chi connectivity index (χ1v) is 5.78. The van der Waals surface area contributed by atoms with Gasteiger partial charge < -0.3 is 0 Å². The van der Waals surface area contributed by atoms with Crippen molar-refractivity contribution in [3.63, 3.8) is 0 Å². The van der Waals surface area contributed by atoms with Gasteiger partial charge in [-0.2, -0.15) is 4.37 Å². The molecule has 0 spiro atoms. The molecule has 0 N–H and O–H groups in total. The van der Waals surface area contributed by atoms with Gasteiger partial charge in [-0.25, -0.2) is 9.37 Å². The van der Waals surface area contributed by atoms with Crippen LogP contribution in [0, 0.1) is 15.8 Å². The molecule has 0 bridgehead atoms. The van der Waals surface area contributed by atoms with Gasteiger partial charge in [-0.3, -0.25) is 0 Å². The largest absolute Gasteiger partial charge is 0.209 e. The summed E-state index contributed by atoms with van der Waals surface area (Å²) in [6, 6.07) is 4.64. The van der Waals surface area contributed by atoms with Crippen LogP contribution >= 0.6 is 34.1 Å². The van der Waals surface area contributed by atoms with Crippen LogP contribution in [0.1, 0.15) is 5.56 Å². The monoisotopic (exact) mass is 320 g/mol. The van der Waals surface area contributed by atoms with Gasteiger partial charge >= 0.3 is 0 Å². The Hall–Kier alpha value is -0.560. The van der Waals surface area contributed by atoms with E-state index in [0.29, 0.717) is 5.82 Å². The standard InChI is InChI=1S/C9H6FIN2S/c1-5-2-3-6(10)4-7(5)8-12-9(11)14-13-8/h2-4H,1H3. The zero-order chi connectivity index (χ0) is 10.1. The highest BCUT2D eigenvalue weighted by Crippen LogP contribution is 2.23. The maximum atomic E-state index is 13.0. The lowest BCUT2D eigenvalue weighted by atomic mass is 10.1. The Bertz CT molecular complexity index is 470. The smallest absolute Gasteiger partial charge is 0.174 e. The SMILES string of the molecule is Cc1ccc(F)cc1-c1nsc(I)n1. The highest BCUT2D eigenvalue weighted by atomic mass is 127. The van der Waals surface area contributed by atoms with E-state index in [1.165, 1.54) is 23.7 Å². The van der Waals surface area contributed by atoms with Gasteiger partial charge in [-0.05, 0) is 58.7 Å². The van der Waals surface area contributed by atoms with Gasteiger partial charge in [0.05, 0.1) is 0 Å². The molecule has 2 nitrogen and oxygen atoms in total. The first-order valence-electron chi connectivity index (χ1n) is 3.92. The number of hydrogen-bond acceptors (Lipinski definition) is 3. The van der Waals surface area contributed by atoms with Gasteiger partial charge in [0.1, 0.15) is 5.82 Å². The van der Waals surface area contributed by atoms with Crippen molar-refractivity contribution < 1.29 is 4.39 Å². The van der Waals surface area contributed by atoms with Gasteiger partial charge in [-0.15, -0.1) is 0 Å². The van der Waals surface area contributed by atoms with Crippen molar-refractivity contribution in [2.24, 2.45) is 0 Å². The Morgan fingerprint density at radius 3 is 2.86 bits per heavy atom. The maximum Gasteiger partial charge on any atom is 0.174 e. The summed E-state index contributed by atoms with van der Waals surface area (Å²) < 4.78 is 18.0. The zero-order valence-electron chi connectivity index (χ0n) is 7.29. The lowest BCUT2D eigenvalue weighted by molar-refractivity contribution is 0.628. The fraction of sp³-hybridized carbons (Fsp3) is 0.111. The van der Waals surface area contributed by atoms with E-state index in [9.17, 15) is 4.39 Å². The summed E-state index contributed by atoms with van der Waals surface area (Å²) in [6.45, 7) is 1.92. The van der Waals surface area contributed by atoms with E-state index in [1.807, 2.05) is 6.92 Å². The van der Waals surface area contributed by atoms with Crippen LogP contribution in [0.3, 0.4) is 0 Å². The summed E-state index contributed by atoms with van der Waals surface area (Å²) in [6.07, 6.45) is 0. The first kappa shape index (κ1) is 9.97. The van der Waals surface area contributed by atoms with Crippen molar-refractivity contribution in [2.45, 2.75) is 6.92 Å². The topological polar surface area (TPSA) is 25.8 Å². The van der Waals surface area contributed by atoms with Gasteiger partial charge in [0, 0.05) is 5.56 Å². The second-order valence-corrected chi connectivity index (χ2v) is 5.34. The van der Waals surface area contributed by atoms with Crippen LogP contribution in [0.15, 0.2) is 18.2 Å². The summed E-state index contributed by atoms with van der Waals surface area (Å²) in [5.74, 6) is 0.354. The molecule has 2 aromatic rings. The Morgan fingerprint density at radius 2 is 2.21 bits per heavy atom. The van der Waals surface area contributed by atoms with E-state index in [2.05, 4.69) is 31.9 Å². The molecule has 1 heterocycles. The lowest BCUT2D eigenvalue weighted by Crippen LogP contribution is -1.87. The molecule has 5 heteroatoms. The average molecular weight is 320 g/mol. The quantitative estimate of drug-likeness (QED) is 0.754. The highest BCUT2D eigenvalue weighted by molar-refractivity contribution is 14.1. The van der Waals surface area contributed by atoms with Crippen molar-refractivity contribution in [1.82, 2.24) is 9.36 Å². The van der Waals surface area contributed by atoms with E-state index < -0.39 is 0 Å². The molecule has 0 aliphatic carbocycles. The molecule has 0 aliphatic rings. The molecule has 2 rings (SSSR count). The van der Waals surface area contributed by atoms with Gasteiger partial charge in [0.25, 0.3) is 0 Å². The predicted molar refractivity (Wildman–Crippen MR) is 62.8 cm³/mol. The van der Waals surface area contributed by atoms with Gasteiger partial charge in [0.15, 0.2) is 8.84 Å². The van der Waals surface area contributed by atoms with E-state index in [0.717, 1.165) is 14.1 Å². The summed E-state index contributed by atoms with van der Waals surface area (Å²) in [5.41, 5.74) is 1.75. The van der Waals surface area contributed by atoms with Crippen LogP contribution in [0.2, 0.25) is 0 Å². The molecule has 0 aliphatic heterocycles. The first-order chi connectivity index (χ1) is 6.66. The molecule has 0 amide bonds. The molecule has 0 radical (unpaired) electrons. The third kappa shape index (κ3) is 1.93. The fourth-order valence-electron chi connectivity index (χ4n) is 1.15. The van der Waals surface area contributed by atoms with E-state index in [4.69, 9.17) is 0 Å². The molecule has 0 unspecified atom stereocenters. The van der Waals surface area contributed by atoms with Crippen LogP contribution in [0.4, 0.5) is 4.39 Å². The Balaban J connectivity index is 2.55. The predicted octanol–water partition coefficient (Wildman–Crippen LogP) is 3.26. The Kier molecular flexibility index (Phi) is 2.78. The summed E-state index contributed by atoms with van der Waals surface area (Å²) in [7, 11) is 0. The summed E-state index contributed by atoms with van der Waals surface area (Å²) in [5, 5.41) is 0. The van der Waals surface area contributed by atoms with Crippen LogP contribution < -0.4 is 0 Å².